The van der Waals surface area contributed by atoms with Gasteiger partial charge in [-0.2, -0.15) is 0 Å². The van der Waals surface area contributed by atoms with Gasteiger partial charge in [-0.3, -0.25) is 4.90 Å². The standard InChI is InChI=1S/C12H23NO/c1-12(2)8-13(10-14-9-12)11-6-4-3-5-7-11/h11H,3-10H2,1-2H3. The van der Waals surface area contributed by atoms with Gasteiger partial charge in [0.25, 0.3) is 0 Å². The van der Waals surface area contributed by atoms with Crippen molar-refractivity contribution >= 4 is 0 Å². The van der Waals surface area contributed by atoms with E-state index in [4.69, 9.17) is 4.74 Å². The second-order valence-corrected chi connectivity index (χ2v) is 5.68. The fourth-order valence-electron chi connectivity index (χ4n) is 2.76. The lowest BCUT2D eigenvalue weighted by atomic mass is 9.89. The molecule has 0 atom stereocenters. The number of rotatable bonds is 1. The van der Waals surface area contributed by atoms with Crippen LogP contribution in [0.15, 0.2) is 0 Å². The molecule has 0 radical (unpaired) electrons. The van der Waals surface area contributed by atoms with Gasteiger partial charge in [0.15, 0.2) is 0 Å². The molecule has 0 spiro atoms. The van der Waals surface area contributed by atoms with Crippen LogP contribution in [0.3, 0.4) is 0 Å². The van der Waals surface area contributed by atoms with E-state index in [1.54, 1.807) is 0 Å². The van der Waals surface area contributed by atoms with Gasteiger partial charge < -0.3 is 4.74 Å². The normalized spacial score (nSPS) is 30.4. The molecular weight excluding hydrogens is 174 g/mol. The summed E-state index contributed by atoms with van der Waals surface area (Å²) in [5.74, 6) is 0. The Kier molecular flexibility index (Phi) is 3.13. The summed E-state index contributed by atoms with van der Waals surface area (Å²) in [6.07, 6.45) is 7.05. The van der Waals surface area contributed by atoms with Crippen molar-refractivity contribution in [3.63, 3.8) is 0 Å². The van der Waals surface area contributed by atoms with Crippen LogP contribution in [0.5, 0.6) is 0 Å². The average molecular weight is 197 g/mol. The third-order valence-electron chi connectivity index (χ3n) is 3.47. The van der Waals surface area contributed by atoms with Crippen LogP contribution in [0.4, 0.5) is 0 Å². The molecule has 2 rings (SSSR count). The van der Waals surface area contributed by atoms with Crippen LogP contribution in [-0.4, -0.2) is 30.8 Å². The van der Waals surface area contributed by atoms with Crippen LogP contribution in [0.2, 0.25) is 0 Å². The van der Waals surface area contributed by atoms with E-state index in [1.807, 2.05) is 0 Å². The highest BCUT2D eigenvalue weighted by molar-refractivity contribution is 4.82. The van der Waals surface area contributed by atoms with E-state index in [9.17, 15) is 0 Å². The molecule has 0 bridgehead atoms. The molecule has 14 heavy (non-hydrogen) atoms. The predicted molar refractivity (Wildman–Crippen MR) is 58.2 cm³/mol. The van der Waals surface area contributed by atoms with E-state index in [0.29, 0.717) is 5.41 Å². The summed E-state index contributed by atoms with van der Waals surface area (Å²) in [6, 6.07) is 0.809. The smallest absolute Gasteiger partial charge is 0.0993 e. The lowest BCUT2D eigenvalue weighted by molar-refractivity contribution is -0.0998. The summed E-state index contributed by atoms with van der Waals surface area (Å²) in [5, 5.41) is 0. The Labute approximate surface area is 87.6 Å². The number of hydrogen-bond acceptors (Lipinski definition) is 2. The zero-order valence-electron chi connectivity index (χ0n) is 9.59. The van der Waals surface area contributed by atoms with E-state index >= 15 is 0 Å². The van der Waals surface area contributed by atoms with E-state index in [1.165, 1.54) is 38.6 Å². The Hall–Kier alpha value is -0.0800. The Morgan fingerprint density at radius 3 is 2.50 bits per heavy atom. The third-order valence-corrected chi connectivity index (χ3v) is 3.47. The van der Waals surface area contributed by atoms with Crippen LogP contribution in [0.25, 0.3) is 0 Å². The van der Waals surface area contributed by atoms with Crippen LogP contribution in [0, 0.1) is 5.41 Å². The summed E-state index contributed by atoms with van der Waals surface area (Å²) in [7, 11) is 0. The monoisotopic (exact) mass is 197 g/mol. The van der Waals surface area contributed by atoms with Gasteiger partial charge >= 0.3 is 0 Å². The van der Waals surface area contributed by atoms with Gasteiger partial charge in [0.1, 0.15) is 0 Å². The Morgan fingerprint density at radius 1 is 1.14 bits per heavy atom. The third kappa shape index (κ3) is 2.48. The molecule has 1 aliphatic heterocycles. The van der Waals surface area contributed by atoms with Gasteiger partial charge in [0.2, 0.25) is 0 Å². The average Bonchev–Trinajstić information content (AvgIpc) is 2.18. The van der Waals surface area contributed by atoms with Crippen LogP contribution in [0.1, 0.15) is 46.0 Å². The summed E-state index contributed by atoms with van der Waals surface area (Å²) < 4.78 is 5.68. The lowest BCUT2D eigenvalue weighted by Gasteiger charge is -2.43. The summed E-state index contributed by atoms with van der Waals surface area (Å²) >= 11 is 0. The fourth-order valence-corrected chi connectivity index (χ4v) is 2.76. The van der Waals surface area contributed by atoms with Gasteiger partial charge in [-0.15, -0.1) is 0 Å². The molecule has 0 unspecified atom stereocenters. The van der Waals surface area contributed by atoms with Gasteiger partial charge in [-0.05, 0) is 12.8 Å². The van der Waals surface area contributed by atoms with Crippen molar-refractivity contribution in [1.29, 1.82) is 0 Å². The van der Waals surface area contributed by atoms with E-state index in [0.717, 1.165) is 19.4 Å². The first-order valence-corrected chi connectivity index (χ1v) is 5.99. The largest absolute Gasteiger partial charge is 0.365 e. The molecule has 1 saturated carbocycles. The van der Waals surface area contributed by atoms with Crippen LogP contribution >= 0.6 is 0 Å². The zero-order valence-corrected chi connectivity index (χ0v) is 9.59. The van der Waals surface area contributed by atoms with E-state index < -0.39 is 0 Å². The molecule has 1 saturated heterocycles. The molecule has 0 N–H and O–H groups in total. The maximum absolute atomic E-state index is 5.68. The first-order chi connectivity index (χ1) is 6.67. The molecule has 0 amide bonds. The molecule has 1 aliphatic carbocycles. The van der Waals surface area contributed by atoms with Crippen LogP contribution < -0.4 is 0 Å². The van der Waals surface area contributed by atoms with Crippen molar-refractivity contribution in [2.75, 3.05) is 19.9 Å². The summed E-state index contributed by atoms with van der Waals surface area (Å²) in [6.45, 7) is 7.63. The molecule has 0 aromatic rings. The highest BCUT2D eigenvalue weighted by Crippen LogP contribution is 2.29. The summed E-state index contributed by atoms with van der Waals surface area (Å²) in [5.41, 5.74) is 0.357. The molecule has 2 heteroatoms. The molecule has 2 nitrogen and oxygen atoms in total. The minimum atomic E-state index is 0.357. The zero-order chi connectivity index (χ0) is 10.0. The van der Waals surface area contributed by atoms with E-state index in [2.05, 4.69) is 18.7 Å². The molecule has 1 heterocycles. The summed E-state index contributed by atoms with van der Waals surface area (Å²) in [4.78, 5) is 2.56. The number of ether oxygens (including phenoxy) is 1. The molecular formula is C12H23NO. The van der Waals surface area contributed by atoms with Crippen molar-refractivity contribution in [2.45, 2.75) is 52.0 Å². The van der Waals surface area contributed by atoms with Gasteiger partial charge in [-0.25, -0.2) is 0 Å². The maximum Gasteiger partial charge on any atom is 0.0993 e. The SMILES string of the molecule is CC1(C)COCN(C2CCCCC2)C1. The first-order valence-electron chi connectivity index (χ1n) is 5.99. The van der Waals surface area contributed by atoms with Crippen molar-refractivity contribution in [1.82, 2.24) is 4.90 Å². The lowest BCUT2D eigenvalue weighted by Crippen LogP contribution is -2.49. The Morgan fingerprint density at radius 2 is 1.86 bits per heavy atom. The Balaban J connectivity index is 1.89. The molecule has 0 aromatic carbocycles. The van der Waals surface area contributed by atoms with E-state index in [-0.39, 0.29) is 0 Å². The minimum absolute atomic E-state index is 0.357. The maximum atomic E-state index is 5.68. The fraction of sp³-hybridized carbons (Fsp3) is 1.00. The molecule has 0 aromatic heterocycles. The number of nitrogens with zero attached hydrogens (tertiary/aromatic N) is 1. The van der Waals surface area contributed by atoms with Crippen molar-refractivity contribution in [3.05, 3.63) is 0 Å². The van der Waals surface area contributed by atoms with Gasteiger partial charge in [0.05, 0.1) is 13.3 Å². The van der Waals surface area contributed by atoms with Crippen LogP contribution in [-0.2, 0) is 4.74 Å². The second kappa shape index (κ2) is 4.19. The highest BCUT2D eigenvalue weighted by Gasteiger charge is 2.31. The van der Waals surface area contributed by atoms with Gasteiger partial charge in [0, 0.05) is 18.0 Å². The Bertz CT molecular complexity index is 185. The molecule has 2 aliphatic rings. The van der Waals surface area contributed by atoms with Crippen molar-refractivity contribution in [3.8, 4) is 0 Å². The molecule has 2 fully saturated rings. The van der Waals surface area contributed by atoms with Crippen molar-refractivity contribution < 1.29 is 4.74 Å². The highest BCUT2D eigenvalue weighted by atomic mass is 16.5. The van der Waals surface area contributed by atoms with Gasteiger partial charge in [-0.1, -0.05) is 33.1 Å². The van der Waals surface area contributed by atoms with Crippen molar-refractivity contribution in [2.24, 2.45) is 5.41 Å². The topological polar surface area (TPSA) is 12.5 Å². The minimum Gasteiger partial charge on any atom is -0.365 e. The quantitative estimate of drug-likeness (QED) is 0.640. The molecule has 82 valence electrons. The first kappa shape index (κ1) is 10.4. The predicted octanol–water partition coefficient (Wildman–Crippen LogP) is 2.64. The number of hydrogen-bond donors (Lipinski definition) is 0. The second-order valence-electron chi connectivity index (χ2n) is 5.68.